The molecule has 76 valence electrons. The number of aromatic nitrogens is 1. The Morgan fingerprint density at radius 2 is 2.50 bits per heavy atom. The third-order valence-electron chi connectivity index (χ3n) is 1.86. The van der Waals surface area contributed by atoms with Gasteiger partial charge in [0.1, 0.15) is 0 Å². The first-order valence-corrected chi connectivity index (χ1v) is 4.23. The summed E-state index contributed by atoms with van der Waals surface area (Å²) < 4.78 is 4.83. The molecule has 0 aliphatic heterocycles. The van der Waals surface area contributed by atoms with Gasteiger partial charge in [0.2, 0.25) is 0 Å². The summed E-state index contributed by atoms with van der Waals surface area (Å²) >= 11 is 0. The van der Waals surface area contributed by atoms with Crippen LogP contribution in [0.2, 0.25) is 0 Å². The number of rotatable bonds is 3. The van der Waals surface area contributed by atoms with Crippen molar-refractivity contribution in [2.24, 2.45) is 5.16 Å². The molecule has 0 saturated carbocycles. The van der Waals surface area contributed by atoms with Gasteiger partial charge < -0.3 is 14.9 Å². The molecule has 1 heterocycles. The average Bonchev–Trinajstić information content (AvgIpc) is 2.49. The Hall–Kier alpha value is -1.78. The van der Waals surface area contributed by atoms with Crippen LogP contribution in [-0.4, -0.2) is 29.0 Å². The van der Waals surface area contributed by atoms with E-state index in [2.05, 4.69) is 10.1 Å². The molecule has 0 saturated heterocycles. The number of carbonyl (C=O) groups is 1. The number of H-pyrrole nitrogens is 1. The van der Waals surface area contributed by atoms with Crippen LogP contribution in [0.25, 0.3) is 0 Å². The van der Waals surface area contributed by atoms with Gasteiger partial charge >= 0.3 is 5.97 Å². The van der Waals surface area contributed by atoms with Gasteiger partial charge in [0.25, 0.3) is 0 Å². The molecule has 0 aromatic carbocycles. The standard InChI is InChI=1S/C9H12N2O3/c1-3-14-9(12)7-4-10-8(5-11-13)6(7)2/h4-5,10,13H,3H2,1-2H3/b11-5+. The Bertz CT molecular complexity index is 355. The number of carbonyl (C=O) groups excluding carboxylic acids is 1. The zero-order chi connectivity index (χ0) is 10.6. The van der Waals surface area contributed by atoms with Crippen LogP contribution in [0, 0.1) is 6.92 Å². The molecule has 1 aromatic heterocycles. The van der Waals surface area contributed by atoms with Crippen molar-refractivity contribution in [2.45, 2.75) is 13.8 Å². The highest BCUT2D eigenvalue weighted by atomic mass is 16.5. The van der Waals surface area contributed by atoms with Gasteiger partial charge in [0, 0.05) is 6.20 Å². The number of esters is 1. The zero-order valence-electron chi connectivity index (χ0n) is 8.07. The molecule has 0 radical (unpaired) electrons. The van der Waals surface area contributed by atoms with Crippen molar-refractivity contribution in [2.75, 3.05) is 6.61 Å². The van der Waals surface area contributed by atoms with E-state index in [-0.39, 0.29) is 5.97 Å². The molecule has 0 spiro atoms. The lowest BCUT2D eigenvalue weighted by molar-refractivity contribution is 0.0526. The van der Waals surface area contributed by atoms with Crippen LogP contribution < -0.4 is 0 Å². The summed E-state index contributed by atoms with van der Waals surface area (Å²) in [6.07, 6.45) is 2.77. The molecule has 0 fully saturated rings. The fourth-order valence-electron chi connectivity index (χ4n) is 1.12. The Morgan fingerprint density at radius 1 is 1.79 bits per heavy atom. The summed E-state index contributed by atoms with van der Waals surface area (Å²) in [4.78, 5) is 14.1. The van der Waals surface area contributed by atoms with Crippen LogP contribution in [0.5, 0.6) is 0 Å². The van der Waals surface area contributed by atoms with Crippen LogP contribution in [0.1, 0.15) is 28.5 Å². The van der Waals surface area contributed by atoms with Crippen molar-refractivity contribution >= 4 is 12.2 Å². The number of hydrogen-bond acceptors (Lipinski definition) is 4. The van der Waals surface area contributed by atoms with E-state index in [9.17, 15) is 4.79 Å². The molecule has 1 rings (SSSR count). The predicted molar refractivity (Wildman–Crippen MR) is 50.9 cm³/mol. The molecule has 5 heteroatoms. The van der Waals surface area contributed by atoms with Crippen molar-refractivity contribution in [3.63, 3.8) is 0 Å². The fourth-order valence-corrected chi connectivity index (χ4v) is 1.12. The molecule has 0 aliphatic rings. The molecule has 0 bridgehead atoms. The molecular formula is C9H12N2O3. The highest BCUT2D eigenvalue weighted by molar-refractivity contribution is 5.94. The topological polar surface area (TPSA) is 74.7 Å². The Kier molecular flexibility index (Phi) is 3.28. The van der Waals surface area contributed by atoms with E-state index in [1.54, 1.807) is 13.8 Å². The maximum Gasteiger partial charge on any atom is 0.339 e. The Morgan fingerprint density at radius 3 is 3.07 bits per heavy atom. The summed E-state index contributed by atoms with van der Waals surface area (Å²) in [6, 6.07) is 0. The molecule has 2 N–H and O–H groups in total. The number of ether oxygens (including phenoxy) is 1. The van der Waals surface area contributed by atoms with E-state index in [1.807, 2.05) is 0 Å². The van der Waals surface area contributed by atoms with Crippen molar-refractivity contribution in [3.8, 4) is 0 Å². The minimum absolute atomic E-state index is 0.340. The van der Waals surface area contributed by atoms with E-state index >= 15 is 0 Å². The first kappa shape index (κ1) is 10.3. The fraction of sp³-hybridized carbons (Fsp3) is 0.333. The van der Waals surface area contributed by atoms with Gasteiger partial charge in [0.05, 0.1) is 24.1 Å². The van der Waals surface area contributed by atoms with E-state index in [0.29, 0.717) is 23.4 Å². The second-order valence-corrected chi connectivity index (χ2v) is 2.71. The normalized spacial score (nSPS) is 10.7. The molecule has 0 unspecified atom stereocenters. The smallest absolute Gasteiger partial charge is 0.339 e. The second kappa shape index (κ2) is 4.45. The lowest BCUT2D eigenvalue weighted by Crippen LogP contribution is -2.04. The number of nitrogens with zero attached hydrogens (tertiary/aromatic N) is 1. The Balaban J connectivity index is 2.94. The van der Waals surface area contributed by atoms with Gasteiger partial charge in [-0.2, -0.15) is 0 Å². The van der Waals surface area contributed by atoms with Crippen LogP contribution in [0.15, 0.2) is 11.4 Å². The van der Waals surface area contributed by atoms with E-state index in [4.69, 9.17) is 9.94 Å². The summed E-state index contributed by atoms with van der Waals surface area (Å²) in [7, 11) is 0. The number of oxime groups is 1. The maximum absolute atomic E-state index is 11.3. The SMILES string of the molecule is CCOC(=O)c1c[nH]c(/C=N/O)c1C. The van der Waals surface area contributed by atoms with Gasteiger partial charge in [-0.3, -0.25) is 0 Å². The van der Waals surface area contributed by atoms with E-state index in [1.165, 1.54) is 12.4 Å². The monoisotopic (exact) mass is 196 g/mol. The minimum Gasteiger partial charge on any atom is -0.462 e. The highest BCUT2D eigenvalue weighted by Gasteiger charge is 2.13. The zero-order valence-corrected chi connectivity index (χ0v) is 8.07. The second-order valence-electron chi connectivity index (χ2n) is 2.71. The first-order valence-electron chi connectivity index (χ1n) is 4.23. The lowest BCUT2D eigenvalue weighted by atomic mass is 10.2. The van der Waals surface area contributed by atoms with Crippen molar-refractivity contribution in [1.29, 1.82) is 0 Å². The van der Waals surface area contributed by atoms with Crippen LogP contribution in [-0.2, 0) is 4.74 Å². The Labute approximate surface area is 81.4 Å². The maximum atomic E-state index is 11.3. The molecule has 14 heavy (non-hydrogen) atoms. The predicted octanol–water partition coefficient (Wildman–Crippen LogP) is 1.31. The van der Waals surface area contributed by atoms with Crippen LogP contribution >= 0.6 is 0 Å². The summed E-state index contributed by atoms with van der Waals surface area (Å²) in [5, 5.41) is 11.2. The average molecular weight is 196 g/mol. The summed E-state index contributed by atoms with van der Waals surface area (Å²) in [5.41, 5.74) is 1.76. The van der Waals surface area contributed by atoms with Gasteiger partial charge in [-0.15, -0.1) is 0 Å². The number of hydrogen-bond donors (Lipinski definition) is 2. The quantitative estimate of drug-likeness (QED) is 0.331. The first-order chi connectivity index (χ1) is 6.70. The van der Waals surface area contributed by atoms with Crippen LogP contribution in [0.4, 0.5) is 0 Å². The molecular weight excluding hydrogens is 184 g/mol. The van der Waals surface area contributed by atoms with Crippen LogP contribution in [0.3, 0.4) is 0 Å². The summed E-state index contributed by atoms with van der Waals surface area (Å²) in [5.74, 6) is -0.376. The minimum atomic E-state index is -0.376. The van der Waals surface area contributed by atoms with Crippen molar-refractivity contribution < 1.29 is 14.7 Å². The van der Waals surface area contributed by atoms with Crippen molar-refractivity contribution in [3.05, 3.63) is 23.0 Å². The number of aromatic amines is 1. The number of nitrogens with one attached hydrogen (secondary N) is 1. The van der Waals surface area contributed by atoms with E-state index < -0.39 is 0 Å². The lowest BCUT2D eigenvalue weighted by Gasteiger charge is -1.99. The van der Waals surface area contributed by atoms with Gasteiger partial charge in [0.15, 0.2) is 0 Å². The highest BCUT2D eigenvalue weighted by Crippen LogP contribution is 2.12. The largest absolute Gasteiger partial charge is 0.462 e. The molecule has 1 aromatic rings. The summed E-state index contributed by atoms with van der Waals surface area (Å²) in [6.45, 7) is 3.84. The van der Waals surface area contributed by atoms with Gasteiger partial charge in [-0.05, 0) is 19.4 Å². The third kappa shape index (κ3) is 1.93. The molecule has 0 aliphatic carbocycles. The molecule has 0 amide bonds. The molecule has 5 nitrogen and oxygen atoms in total. The van der Waals surface area contributed by atoms with Gasteiger partial charge in [-0.1, -0.05) is 5.16 Å². The van der Waals surface area contributed by atoms with Crippen molar-refractivity contribution in [1.82, 2.24) is 4.98 Å². The van der Waals surface area contributed by atoms with Gasteiger partial charge in [-0.25, -0.2) is 4.79 Å². The molecule has 0 atom stereocenters. The third-order valence-corrected chi connectivity index (χ3v) is 1.86. The van der Waals surface area contributed by atoms with E-state index in [0.717, 1.165) is 0 Å².